The van der Waals surface area contributed by atoms with E-state index in [0.717, 1.165) is 36.8 Å². The SMILES string of the molecule is Cc1cnc(C)c(N2CC(Cn3ccnc3C(C)C)C2)n1. The lowest BCUT2D eigenvalue weighted by atomic mass is 9.99. The van der Waals surface area contributed by atoms with Gasteiger partial charge in [0, 0.05) is 50.1 Å². The van der Waals surface area contributed by atoms with Crippen LogP contribution in [0.4, 0.5) is 5.82 Å². The van der Waals surface area contributed by atoms with Crippen molar-refractivity contribution in [3.63, 3.8) is 0 Å². The highest BCUT2D eigenvalue weighted by atomic mass is 15.3. The summed E-state index contributed by atoms with van der Waals surface area (Å²) in [6, 6.07) is 0. The zero-order valence-corrected chi connectivity index (χ0v) is 13.2. The molecule has 112 valence electrons. The number of hydrogen-bond acceptors (Lipinski definition) is 4. The quantitative estimate of drug-likeness (QED) is 0.866. The number of anilines is 1. The van der Waals surface area contributed by atoms with Gasteiger partial charge < -0.3 is 9.47 Å². The Morgan fingerprint density at radius 3 is 2.71 bits per heavy atom. The third kappa shape index (κ3) is 2.77. The lowest BCUT2D eigenvalue weighted by molar-refractivity contribution is 0.348. The fraction of sp³-hybridized carbons (Fsp3) is 0.562. The summed E-state index contributed by atoms with van der Waals surface area (Å²) in [6.45, 7) is 11.6. The molecule has 5 heteroatoms. The van der Waals surface area contributed by atoms with Gasteiger partial charge in [-0.1, -0.05) is 13.8 Å². The van der Waals surface area contributed by atoms with E-state index in [2.05, 4.69) is 44.5 Å². The van der Waals surface area contributed by atoms with Gasteiger partial charge >= 0.3 is 0 Å². The van der Waals surface area contributed by atoms with Crippen LogP contribution < -0.4 is 4.90 Å². The zero-order valence-electron chi connectivity index (χ0n) is 13.2. The molecule has 2 aromatic rings. The van der Waals surface area contributed by atoms with E-state index in [1.165, 1.54) is 5.82 Å². The van der Waals surface area contributed by atoms with E-state index in [0.29, 0.717) is 11.8 Å². The van der Waals surface area contributed by atoms with Gasteiger partial charge in [-0.2, -0.15) is 0 Å². The number of aryl methyl sites for hydroxylation is 2. The number of aromatic nitrogens is 4. The molecule has 0 N–H and O–H groups in total. The van der Waals surface area contributed by atoms with Crippen molar-refractivity contribution in [1.82, 2.24) is 19.5 Å². The molecule has 1 fully saturated rings. The van der Waals surface area contributed by atoms with Crippen LogP contribution in [0, 0.1) is 19.8 Å². The topological polar surface area (TPSA) is 46.8 Å². The highest BCUT2D eigenvalue weighted by molar-refractivity contribution is 5.45. The Bertz CT molecular complexity index is 625. The smallest absolute Gasteiger partial charge is 0.150 e. The molecule has 0 atom stereocenters. The van der Waals surface area contributed by atoms with Crippen LogP contribution >= 0.6 is 0 Å². The maximum atomic E-state index is 4.62. The standard InChI is InChI=1S/C16H23N5/c1-11(2)15-17-5-6-20(15)8-14-9-21(10-14)16-13(4)18-7-12(3)19-16/h5-7,11,14H,8-10H2,1-4H3. The molecule has 0 unspecified atom stereocenters. The summed E-state index contributed by atoms with van der Waals surface area (Å²) in [5.41, 5.74) is 2.00. The van der Waals surface area contributed by atoms with Crippen molar-refractivity contribution >= 4 is 5.82 Å². The molecule has 3 rings (SSSR count). The molecule has 0 spiro atoms. The maximum Gasteiger partial charge on any atom is 0.150 e. The lowest BCUT2D eigenvalue weighted by Crippen LogP contribution is -2.49. The molecule has 1 saturated heterocycles. The van der Waals surface area contributed by atoms with Crippen LogP contribution in [-0.2, 0) is 6.54 Å². The Morgan fingerprint density at radius 1 is 1.24 bits per heavy atom. The Morgan fingerprint density at radius 2 is 2.00 bits per heavy atom. The van der Waals surface area contributed by atoms with Crippen LogP contribution in [0.25, 0.3) is 0 Å². The molecule has 0 aliphatic carbocycles. The van der Waals surface area contributed by atoms with Gasteiger partial charge in [0.15, 0.2) is 0 Å². The van der Waals surface area contributed by atoms with Crippen LogP contribution in [0.5, 0.6) is 0 Å². The molecule has 5 nitrogen and oxygen atoms in total. The average Bonchev–Trinajstić information content (AvgIpc) is 2.85. The molecular weight excluding hydrogens is 262 g/mol. The predicted molar refractivity (Wildman–Crippen MR) is 83.5 cm³/mol. The third-order valence-corrected chi connectivity index (χ3v) is 4.03. The van der Waals surface area contributed by atoms with E-state index in [4.69, 9.17) is 0 Å². The fourth-order valence-corrected chi connectivity index (χ4v) is 2.94. The van der Waals surface area contributed by atoms with E-state index < -0.39 is 0 Å². The van der Waals surface area contributed by atoms with Crippen LogP contribution in [-0.4, -0.2) is 32.6 Å². The van der Waals surface area contributed by atoms with Crippen molar-refractivity contribution in [2.75, 3.05) is 18.0 Å². The van der Waals surface area contributed by atoms with E-state index in [1.807, 2.05) is 26.2 Å². The van der Waals surface area contributed by atoms with Gasteiger partial charge in [-0.15, -0.1) is 0 Å². The second-order valence-corrected chi connectivity index (χ2v) is 6.28. The van der Waals surface area contributed by atoms with Crippen molar-refractivity contribution in [2.45, 2.75) is 40.2 Å². The number of imidazole rings is 1. The third-order valence-electron chi connectivity index (χ3n) is 4.03. The molecule has 1 aliphatic heterocycles. The Balaban J connectivity index is 1.63. The van der Waals surface area contributed by atoms with Crippen LogP contribution in [0.2, 0.25) is 0 Å². The summed E-state index contributed by atoms with van der Waals surface area (Å²) < 4.78 is 2.29. The van der Waals surface area contributed by atoms with Crippen LogP contribution in [0.3, 0.4) is 0 Å². The normalized spacial score (nSPS) is 15.6. The van der Waals surface area contributed by atoms with E-state index in [1.54, 1.807) is 0 Å². The minimum Gasteiger partial charge on any atom is -0.354 e. The predicted octanol–water partition coefficient (Wildman–Crippen LogP) is 2.55. The molecule has 0 amide bonds. The lowest BCUT2D eigenvalue weighted by Gasteiger charge is -2.41. The van der Waals surface area contributed by atoms with Crippen molar-refractivity contribution in [2.24, 2.45) is 5.92 Å². The van der Waals surface area contributed by atoms with E-state index >= 15 is 0 Å². The van der Waals surface area contributed by atoms with Gasteiger partial charge in [0.25, 0.3) is 0 Å². The summed E-state index contributed by atoms with van der Waals surface area (Å²) in [5, 5.41) is 0. The highest BCUT2D eigenvalue weighted by Crippen LogP contribution is 2.26. The summed E-state index contributed by atoms with van der Waals surface area (Å²) in [7, 11) is 0. The van der Waals surface area contributed by atoms with Gasteiger partial charge in [-0.25, -0.2) is 9.97 Å². The Labute approximate surface area is 126 Å². The van der Waals surface area contributed by atoms with Gasteiger partial charge in [0.05, 0.1) is 11.4 Å². The fourth-order valence-electron chi connectivity index (χ4n) is 2.94. The second-order valence-electron chi connectivity index (χ2n) is 6.28. The first kappa shape index (κ1) is 14.0. The van der Waals surface area contributed by atoms with Gasteiger partial charge in [-0.3, -0.25) is 4.98 Å². The molecule has 2 aromatic heterocycles. The minimum absolute atomic E-state index is 0.473. The molecular formula is C16H23N5. The van der Waals surface area contributed by atoms with Gasteiger partial charge in [-0.05, 0) is 13.8 Å². The summed E-state index contributed by atoms with van der Waals surface area (Å²) in [6.07, 6.45) is 5.83. The zero-order chi connectivity index (χ0) is 15.0. The number of rotatable bonds is 4. The maximum absolute atomic E-state index is 4.62. The number of hydrogen-bond donors (Lipinski definition) is 0. The molecule has 0 bridgehead atoms. The first-order valence-corrected chi connectivity index (χ1v) is 7.61. The molecule has 21 heavy (non-hydrogen) atoms. The Kier molecular flexibility index (Phi) is 3.66. The molecule has 3 heterocycles. The molecule has 0 radical (unpaired) electrons. The second kappa shape index (κ2) is 5.47. The van der Waals surface area contributed by atoms with E-state index in [9.17, 15) is 0 Å². The summed E-state index contributed by atoms with van der Waals surface area (Å²) >= 11 is 0. The Hall–Kier alpha value is -1.91. The molecule has 0 aromatic carbocycles. The monoisotopic (exact) mass is 285 g/mol. The van der Waals surface area contributed by atoms with Crippen molar-refractivity contribution in [3.8, 4) is 0 Å². The van der Waals surface area contributed by atoms with Gasteiger partial charge in [0.2, 0.25) is 0 Å². The first-order chi connectivity index (χ1) is 10.0. The highest BCUT2D eigenvalue weighted by Gasteiger charge is 2.29. The largest absolute Gasteiger partial charge is 0.354 e. The number of nitrogens with zero attached hydrogens (tertiary/aromatic N) is 5. The van der Waals surface area contributed by atoms with E-state index in [-0.39, 0.29) is 0 Å². The van der Waals surface area contributed by atoms with Gasteiger partial charge in [0.1, 0.15) is 11.6 Å². The average molecular weight is 285 g/mol. The molecule has 0 saturated carbocycles. The van der Waals surface area contributed by atoms with Crippen molar-refractivity contribution in [1.29, 1.82) is 0 Å². The first-order valence-electron chi connectivity index (χ1n) is 7.61. The summed E-state index contributed by atoms with van der Waals surface area (Å²) in [4.78, 5) is 15.8. The van der Waals surface area contributed by atoms with Crippen molar-refractivity contribution < 1.29 is 0 Å². The van der Waals surface area contributed by atoms with Crippen LogP contribution in [0.1, 0.15) is 37.0 Å². The summed E-state index contributed by atoms with van der Waals surface area (Å²) in [5.74, 6) is 3.36. The van der Waals surface area contributed by atoms with Crippen molar-refractivity contribution in [3.05, 3.63) is 35.8 Å². The minimum atomic E-state index is 0.473. The molecule has 1 aliphatic rings. The van der Waals surface area contributed by atoms with Crippen LogP contribution in [0.15, 0.2) is 18.6 Å².